The van der Waals surface area contributed by atoms with Crippen LogP contribution in [0.2, 0.25) is 0 Å². The molecule has 1 amide bonds. The predicted octanol–water partition coefficient (Wildman–Crippen LogP) is 4.78. The molecule has 0 radical (unpaired) electrons. The van der Waals surface area contributed by atoms with Crippen LogP contribution in [0.25, 0.3) is 22.2 Å². The Morgan fingerprint density at radius 3 is 2.65 bits per heavy atom. The number of hydrogen-bond acceptors (Lipinski definition) is 5. The third-order valence-electron chi connectivity index (χ3n) is 5.24. The van der Waals surface area contributed by atoms with Gasteiger partial charge in [-0.05, 0) is 49.2 Å². The fourth-order valence-electron chi connectivity index (χ4n) is 3.63. The summed E-state index contributed by atoms with van der Waals surface area (Å²) in [5, 5.41) is 6.32. The van der Waals surface area contributed by atoms with E-state index in [-0.39, 0.29) is 17.9 Å². The number of rotatable bonds is 6. The highest BCUT2D eigenvalue weighted by molar-refractivity contribution is 7.14. The lowest BCUT2D eigenvalue weighted by atomic mass is 10.1. The smallest absolute Gasteiger partial charge is 0.251 e. The van der Waals surface area contributed by atoms with Gasteiger partial charge in [-0.25, -0.2) is 4.98 Å². The van der Waals surface area contributed by atoms with E-state index in [1.807, 2.05) is 61.7 Å². The van der Waals surface area contributed by atoms with Gasteiger partial charge < -0.3 is 14.6 Å². The molecule has 1 N–H and O–H groups in total. The van der Waals surface area contributed by atoms with Crippen LogP contribution in [-0.4, -0.2) is 22.6 Å². The fraction of sp³-hybridized carbons (Fsp3) is 0.208. The van der Waals surface area contributed by atoms with E-state index in [1.54, 1.807) is 17.7 Å². The van der Waals surface area contributed by atoms with Crippen molar-refractivity contribution in [1.82, 2.24) is 9.55 Å². The van der Waals surface area contributed by atoms with E-state index >= 15 is 0 Å². The molecule has 0 saturated carbocycles. The molecular weight excluding hydrogens is 410 g/mol. The third-order valence-corrected chi connectivity index (χ3v) is 6.00. The molecule has 0 bridgehead atoms. The summed E-state index contributed by atoms with van der Waals surface area (Å²) in [5.74, 6) is 0.603. The van der Waals surface area contributed by atoms with Gasteiger partial charge in [-0.2, -0.15) is 0 Å². The van der Waals surface area contributed by atoms with E-state index in [0.29, 0.717) is 11.7 Å². The van der Waals surface area contributed by atoms with E-state index in [0.717, 1.165) is 39.0 Å². The van der Waals surface area contributed by atoms with Crippen molar-refractivity contribution in [2.75, 3.05) is 12.4 Å². The Kier molecular flexibility index (Phi) is 5.86. The van der Waals surface area contributed by atoms with Gasteiger partial charge in [-0.15, -0.1) is 11.3 Å². The SMILES string of the molecule is COc1ccc(-c2csc(NC(=O)CCn3c(=O)cc(C)c4cccc(C)c43)n2)cc1. The number of carbonyl (C=O) groups excluding carboxylic acids is 1. The molecule has 2 heterocycles. The van der Waals surface area contributed by atoms with Crippen LogP contribution in [0.4, 0.5) is 5.13 Å². The van der Waals surface area contributed by atoms with Gasteiger partial charge in [-0.1, -0.05) is 18.2 Å². The molecule has 31 heavy (non-hydrogen) atoms. The number of thiazole rings is 1. The van der Waals surface area contributed by atoms with Gasteiger partial charge in [0, 0.05) is 35.4 Å². The average molecular weight is 434 g/mol. The van der Waals surface area contributed by atoms with Gasteiger partial charge in [-0.3, -0.25) is 9.59 Å². The number of para-hydroxylation sites is 1. The Morgan fingerprint density at radius 1 is 1.13 bits per heavy atom. The zero-order valence-electron chi connectivity index (χ0n) is 17.6. The molecule has 2 aromatic carbocycles. The molecule has 0 aliphatic rings. The van der Waals surface area contributed by atoms with Crippen molar-refractivity contribution in [3.63, 3.8) is 0 Å². The summed E-state index contributed by atoms with van der Waals surface area (Å²) in [5.41, 5.74) is 4.49. The molecule has 7 heteroatoms. The molecule has 0 fully saturated rings. The van der Waals surface area contributed by atoms with E-state index < -0.39 is 0 Å². The first-order valence-electron chi connectivity index (χ1n) is 9.96. The third kappa shape index (κ3) is 4.36. The highest BCUT2D eigenvalue weighted by Crippen LogP contribution is 2.26. The summed E-state index contributed by atoms with van der Waals surface area (Å²) in [6.45, 7) is 4.22. The normalized spacial score (nSPS) is 10.9. The number of aromatic nitrogens is 2. The van der Waals surface area contributed by atoms with Crippen molar-refractivity contribution in [3.8, 4) is 17.0 Å². The van der Waals surface area contributed by atoms with Crippen LogP contribution < -0.4 is 15.6 Å². The number of ether oxygens (including phenoxy) is 1. The van der Waals surface area contributed by atoms with Crippen LogP contribution in [-0.2, 0) is 11.3 Å². The largest absolute Gasteiger partial charge is 0.497 e. The van der Waals surface area contributed by atoms with Crippen molar-refractivity contribution < 1.29 is 9.53 Å². The second-order valence-electron chi connectivity index (χ2n) is 7.35. The number of nitrogens with one attached hydrogen (secondary N) is 1. The minimum atomic E-state index is -0.176. The Bertz CT molecular complexity index is 1310. The van der Waals surface area contributed by atoms with Gasteiger partial charge in [0.05, 0.1) is 18.3 Å². The highest BCUT2D eigenvalue weighted by atomic mass is 32.1. The number of amides is 1. The summed E-state index contributed by atoms with van der Waals surface area (Å²) in [4.78, 5) is 29.6. The first-order valence-corrected chi connectivity index (χ1v) is 10.8. The van der Waals surface area contributed by atoms with Crippen LogP contribution in [0.5, 0.6) is 5.75 Å². The Balaban J connectivity index is 1.47. The van der Waals surface area contributed by atoms with E-state index in [9.17, 15) is 9.59 Å². The van der Waals surface area contributed by atoms with Crippen molar-refractivity contribution >= 4 is 33.3 Å². The average Bonchev–Trinajstić information content (AvgIpc) is 3.22. The molecule has 0 unspecified atom stereocenters. The number of hydrogen-bond donors (Lipinski definition) is 1. The lowest BCUT2D eigenvalue weighted by Crippen LogP contribution is -2.24. The van der Waals surface area contributed by atoms with E-state index in [2.05, 4.69) is 10.3 Å². The summed E-state index contributed by atoms with van der Waals surface area (Å²) in [7, 11) is 1.63. The van der Waals surface area contributed by atoms with Gasteiger partial charge in [0.15, 0.2) is 5.13 Å². The number of aryl methyl sites for hydroxylation is 3. The summed E-state index contributed by atoms with van der Waals surface area (Å²) in [6, 6.07) is 15.2. The second kappa shape index (κ2) is 8.73. The fourth-order valence-corrected chi connectivity index (χ4v) is 4.37. The van der Waals surface area contributed by atoms with Gasteiger partial charge in [0.2, 0.25) is 5.91 Å². The van der Waals surface area contributed by atoms with Crippen LogP contribution >= 0.6 is 11.3 Å². The molecule has 0 aliphatic carbocycles. The quantitative estimate of drug-likeness (QED) is 0.475. The lowest BCUT2D eigenvalue weighted by Gasteiger charge is -2.14. The number of anilines is 1. The van der Waals surface area contributed by atoms with Crippen LogP contribution in [0, 0.1) is 13.8 Å². The molecule has 158 valence electrons. The summed E-state index contributed by atoms with van der Waals surface area (Å²) in [6.07, 6.45) is 0.184. The monoisotopic (exact) mass is 433 g/mol. The highest BCUT2D eigenvalue weighted by Gasteiger charge is 2.12. The van der Waals surface area contributed by atoms with Crippen LogP contribution in [0.3, 0.4) is 0 Å². The summed E-state index contributed by atoms with van der Waals surface area (Å²) >= 11 is 1.37. The van der Waals surface area contributed by atoms with Crippen molar-refractivity contribution in [2.24, 2.45) is 0 Å². The number of fused-ring (bicyclic) bond motifs is 1. The number of benzene rings is 2. The van der Waals surface area contributed by atoms with Crippen LogP contribution in [0.1, 0.15) is 17.5 Å². The molecule has 0 saturated heterocycles. The van der Waals surface area contributed by atoms with Gasteiger partial charge >= 0.3 is 0 Å². The van der Waals surface area contributed by atoms with Gasteiger partial charge in [0.25, 0.3) is 5.56 Å². The predicted molar refractivity (Wildman–Crippen MR) is 125 cm³/mol. The summed E-state index contributed by atoms with van der Waals surface area (Å²) < 4.78 is 6.86. The molecule has 2 aromatic heterocycles. The minimum absolute atomic E-state index is 0.0943. The topological polar surface area (TPSA) is 73.2 Å². The maximum absolute atomic E-state index is 12.6. The van der Waals surface area contributed by atoms with Crippen molar-refractivity contribution in [1.29, 1.82) is 0 Å². The van der Waals surface area contributed by atoms with E-state index in [1.165, 1.54) is 11.3 Å². The number of pyridine rings is 1. The molecule has 0 spiro atoms. The van der Waals surface area contributed by atoms with Crippen LogP contribution in [0.15, 0.2) is 58.7 Å². The first kappa shape index (κ1) is 20.8. The number of nitrogens with zero attached hydrogens (tertiary/aromatic N) is 2. The first-order chi connectivity index (χ1) is 15.0. The minimum Gasteiger partial charge on any atom is -0.497 e. The number of methoxy groups -OCH3 is 1. The maximum atomic E-state index is 12.6. The molecule has 4 rings (SSSR count). The van der Waals surface area contributed by atoms with Gasteiger partial charge in [0.1, 0.15) is 5.75 Å². The Hall–Kier alpha value is -3.45. The van der Waals surface area contributed by atoms with E-state index in [4.69, 9.17) is 4.74 Å². The number of carbonyl (C=O) groups is 1. The van der Waals surface area contributed by atoms with Crippen molar-refractivity contribution in [3.05, 3.63) is 75.4 Å². The zero-order valence-corrected chi connectivity index (χ0v) is 18.5. The Labute approximate surface area is 184 Å². The second-order valence-corrected chi connectivity index (χ2v) is 8.21. The molecule has 6 nitrogen and oxygen atoms in total. The Morgan fingerprint density at radius 2 is 1.90 bits per heavy atom. The molecular formula is C24H23N3O3S. The molecule has 4 aromatic rings. The lowest BCUT2D eigenvalue weighted by molar-refractivity contribution is -0.116. The maximum Gasteiger partial charge on any atom is 0.251 e. The van der Waals surface area contributed by atoms with Crippen molar-refractivity contribution in [2.45, 2.75) is 26.8 Å². The molecule has 0 atom stereocenters. The zero-order chi connectivity index (χ0) is 22.0. The molecule has 0 aliphatic heterocycles. The standard InChI is InChI=1S/C24H23N3O3S/c1-15-5-4-6-19-16(2)13-22(29)27(23(15)19)12-11-21(28)26-24-25-20(14-31-24)17-7-9-18(30-3)10-8-17/h4-10,13-14H,11-12H2,1-3H3,(H,25,26,28).